The van der Waals surface area contributed by atoms with Crippen LogP contribution in [-0.2, 0) is 11.3 Å². The summed E-state index contributed by atoms with van der Waals surface area (Å²) in [6.07, 6.45) is 0.995. The Labute approximate surface area is 96.1 Å². The van der Waals surface area contributed by atoms with Gasteiger partial charge in [-0.2, -0.15) is 0 Å². The Hall–Kier alpha value is -1.35. The van der Waals surface area contributed by atoms with Crippen LogP contribution in [-0.4, -0.2) is 17.7 Å². The summed E-state index contributed by atoms with van der Waals surface area (Å²) in [7, 11) is 0. The highest BCUT2D eigenvalue weighted by Gasteiger charge is 2.08. The molecule has 0 radical (unpaired) electrons. The van der Waals surface area contributed by atoms with Crippen LogP contribution in [0.2, 0.25) is 0 Å². The first-order valence-electron chi connectivity index (χ1n) is 5.50. The van der Waals surface area contributed by atoms with Gasteiger partial charge in [-0.15, -0.1) is 0 Å². The van der Waals surface area contributed by atoms with Gasteiger partial charge in [0, 0.05) is 6.61 Å². The van der Waals surface area contributed by atoms with Crippen molar-refractivity contribution >= 4 is 5.97 Å². The molecule has 88 valence electrons. The molecule has 16 heavy (non-hydrogen) atoms. The molecule has 0 unspecified atom stereocenters. The fourth-order valence-corrected chi connectivity index (χ4v) is 1.36. The molecular formula is C13H18O3. The second-order valence-electron chi connectivity index (χ2n) is 4.20. The zero-order valence-corrected chi connectivity index (χ0v) is 9.77. The Balaban J connectivity index is 2.50. The van der Waals surface area contributed by atoms with Crippen molar-refractivity contribution in [1.29, 1.82) is 0 Å². The van der Waals surface area contributed by atoms with Gasteiger partial charge in [0.05, 0.1) is 12.2 Å². The molecule has 3 heteroatoms. The van der Waals surface area contributed by atoms with Crippen molar-refractivity contribution < 1.29 is 14.6 Å². The SMILES string of the molecule is CC(C)CCOCc1ccccc1C(=O)O. The molecule has 0 atom stereocenters. The van der Waals surface area contributed by atoms with E-state index in [2.05, 4.69) is 13.8 Å². The zero-order chi connectivity index (χ0) is 12.0. The second-order valence-corrected chi connectivity index (χ2v) is 4.20. The van der Waals surface area contributed by atoms with Crippen molar-refractivity contribution in [3.05, 3.63) is 35.4 Å². The van der Waals surface area contributed by atoms with E-state index < -0.39 is 5.97 Å². The predicted octanol–water partition coefficient (Wildman–Crippen LogP) is 2.95. The molecule has 0 fully saturated rings. The van der Waals surface area contributed by atoms with Gasteiger partial charge in [-0.25, -0.2) is 4.79 Å². The third-order valence-electron chi connectivity index (χ3n) is 2.34. The quantitative estimate of drug-likeness (QED) is 0.753. The summed E-state index contributed by atoms with van der Waals surface area (Å²) in [5.41, 5.74) is 1.06. The van der Waals surface area contributed by atoms with Crippen LogP contribution in [0.1, 0.15) is 36.2 Å². The maximum atomic E-state index is 10.9. The molecule has 1 aromatic rings. The van der Waals surface area contributed by atoms with Crippen LogP contribution in [0.15, 0.2) is 24.3 Å². The molecule has 0 aliphatic heterocycles. The molecule has 0 aromatic heterocycles. The zero-order valence-electron chi connectivity index (χ0n) is 9.77. The molecule has 0 aliphatic carbocycles. The van der Waals surface area contributed by atoms with E-state index in [0.29, 0.717) is 24.7 Å². The minimum Gasteiger partial charge on any atom is -0.478 e. The maximum Gasteiger partial charge on any atom is 0.336 e. The molecule has 0 spiro atoms. The summed E-state index contributed by atoms with van der Waals surface area (Å²) in [5, 5.41) is 8.95. The summed E-state index contributed by atoms with van der Waals surface area (Å²) in [5.74, 6) is -0.294. The van der Waals surface area contributed by atoms with E-state index in [-0.39, 0.29) is 0 Å². The Morgan fingerprint density at radius 1 is 1.38 bits per heavy atom. The largest absolute Gasteiger partial charge is 0.478 e. The summed E-state index contributed by atoms with van der Waals surface area (Å²) < 4.78 is 5.46. The number of rotatable bonds is 6. The first-order valence-corrected chi connectivity index (χ1v) is 5.50. The van der Waals surface area contributed by atoms with Gasteiger partial charge in [0.25, 0.3) is 0 Å². The Bertz CT molecular complexity index is 345. The van der Waals surface area contributed by atoms with E-state index in [4.69, 9.17) is 9.84 Å². The number of hydrogen-bond donors (Lipinski definition) is 1. The van der Waals surface area contributed by atoms with Crippen molar-refractivity contribution in [2.24, 2.45) is 5.92 Å². The summed E-state index contributed by atoms with van der Waals surface area (Å²) in [4.78, 5) is 10.9. The van der Waals surface area contributed by atoms with Gasteiger partial charge in [-0.3, -0.25) is 0 Å². The smallest absolute Gasteiger partial charge is 0.336 e. The molecule has 0 saturated heterocycles. The molecule has 1 N–H and O–H groups in total. The highest BCUT2D eigenvalue weighted by molar-refractivity contribution is 5.89. The first-order chi connectivity index (χ1) is 7.61. The van der Waals surface area contributed by atoms with Crippen LogP contribution < -0.4 is 0 Å². The van der Waals surface area contributed by atoms with Crippen LogP contribution in [0.3, 0.4) is 0 Å². The molecule has 0 amide bonds. The fraction of sp³-hybridized carbons (Fsp3) is 0.462. The normalized spacial score (nSPS) is 10.7. The van der Waals surface area contributed by atoms with E-state index in [1.807, 2.05) is 6.07 Å². The van der Waals surface area contributed by atoms with Crippen molar-refractivity contribution in [1.82, 2.24) is 0 Å². The third kappa shape index (κ3) is 4.03. The predicted molar refractivity (Wildman–Crippen MR) is 62.5 cm³/mol. The molecule has 1 aromatic carbocycles. The van der Waals surface area contributed by atoms with E-state index >= 15 is 0 Å². The number of aromatic carboxylic acids is 1. The van der Waals surface area contributed by atoms with E-state index in [1.165, 1.54) is 0 Å². The average molecular weight is 222 g/mol. The molecule has 0 heterocycles. The molecule has 1 rings (SSSR count). The maximum absolute atomic E-state index is 10.9. The topological polar surface area (TPSA) is 46.5 Å². The minimum absolute atomic E-state index is 0.326. The lowest BCUT2D eigenvalue weighted by atomic mass is 10.1. The van der Waals surface area contributed by atoms with Gasteiger partial charge in [-0.1, -0.05) is 32.0 Å². The number of carboxylic acid groups (broad SMARTS) is 1. The van der Waals surface area contributed by atoms with Crippen molar-refractivity contribution in [3.63, 3.8) is 0 Å². The fourth-order valence-electron chi connectivity index (χ4n) is 1.36. The van der Waals surface area contributed by atoms with Crippen LogP contribution >= 0.6 is 0 Å². The number of benzene rings is 1. The van der Waals surface area contributed by atoms with Gasteiger partial charge >= 0.3 is 5.97 Å². The lowest BCUT2D eigenvalue weighted by Gasteiger charge is -2.08. The summed E-state index contributed by atoms with van der Waals surface area (Å²) >= 11 is 0. The van der Waals surface area contributed by atoms with Crippen LogP contribution in [0.5, 0.6) is 0 Å². The van der Waals surface area contributed by atoms with Gasteiger partial charge in [0.1, 0.15) is 0 Å². The Kier molecular flexibility index (Phi) is 4.99. The van der Waals surface area contributed by atoms with Gasteiger partial charge in [0.2, 0.25) is 0 Å². The lowest BCUT2D eigenvalue weighted by Crippen LogP contribution is -2.05. The van der Waals surface area contributed by atoms with Crippen molar-refractivity contribution in [3.8, 4) is 0 Å². The molecular weight excluding hydrogens is 204 g/mol. The number of carboxylic acids is 1. The van der Waals surface area contributed by atoms with Gasteiger partial charge in [-0.05, 0) is 24.0 Å². The van der Waals surface area contributed by atoms with Crippen LogP contribution in [0.25, 0.3) is 0 Å². The summed E-state index contributed by atoms with van der Waals surface area (Å²) in [6.45, 7) is 5.31. The van der Waals surface area contributed by atoms with Gasteiger partial charge < -0.3 is 9.84 Å². The molecule has 0 bridgehead atoms. The Morgan fingerprint density at radius 3 is 2.69 bits per heavy atom. The third-order valence-corrected chi connectivity index (χ3v) is 2.34. The standard InChI is InChI=1S/C13H18O3/c1-10(2)7-8-16-9-11-5-3-4-6-12(11)13(14)15/h3-6,10H,7-9H2,1-2H3,(H,14,15). The average Bonchev–Trinajstić information content (AvgIpc) is 2.24. The van der Waals surface area contributed by atoms with Crippen LogP contribution in [0.4, 0.5) is 0 Å². The van der Waals surface area contributed by atoms with Crippen LogP contribution in [0, 0.1) is 5.92 Å². The highest BCUT2D eigenvalue weighted by Crippen LogP contribution is 2.10. The summed E-state index contributed by atoms with van der Waals surface area (Å²) in [6, 6.07) is 6.94. The minimum atomic E-state index is -0.900. The molecule has 0 saturated carbocycles. The monoisotopic (exact) mass is 222 g/mol. The lowest BCUT2D eigenvalue weighted by molar-refractivity contribution is 0.0685. The van der Waals surface area contributed by atoms with E-state index in [1.54, 1.807) is 18.2 Å². The molecule has 3 nitrogen and oxygen atoms in total. The van der Waals surface area contributed by atoms with Crippen molar-refractivity contribution in [2.45, 2.75) is 26.9 Å². The van der Waals surface area contributed by atoms with Gasteiger partial charge in [0.15, 0.2) is 0 Å². The number of ether oxygens (including phenoxy) is 1. The van der Waals surface area contributed by atoms with E-state index in [9.17, 15) is 4.79 Å². The second kappa shape index (κ2) is 6.28. The number of carbonyl (C=O) groups is 1. The highest BCUT2D eigenvalue weighted by atomic mass is 16.5. The first kappa shape index (κ1) is 12.7. The number of hydrogen-bond acceptors (Lipinski definition) is 2. The van der Waals surface area contributed by atoms with Crippen molar-refractivity contribution in [2.75, 3.05) is 6.61 Å². The molecule has 0 aliphatic rings. The van der Waals surface area contributed by atoms with E-state index in [0.717, 1.165) is 12.0 Å². The Morgan fingerprint density at radius 2 is 2.06 bits per heavy atom.